The van der Waals surface area contributed by atoms with E-state index in [1.54, 1.807) is 4.90 Å². The Morgan fingerprint density at radius 1 is 1.35 bits per heavy atom. The minimum atomic E-state index is -0.397. The van der Waals surface area contributed by atoms with Crippen molar-refractivity contribution in [2.45, 2.75) is 32.7 Å². The quantitative estimate of drug-likeness (QED) is 0.865. The minimum Gasteiger partial charge on any atom is -0.314 e. The number of nitrogens with zero attached hydrogens (tertiary/aromatic N) is 1. The van der Waals surface area contributed by atoms with Crippen LogP contribution in [0.5, 0.6) is 0 Å². The van der Waals surface area contributed by atoms with Gasteiger partial charge in [0.1, 0.15) is 0 Å². The van der Waals surface area contributed by atoms with E-state index >= 15 is 0 Å². The van der Waals surface area contributed by atoms with Gasteiger partial charge in [-0.1, -0.05) is 19.1 Å². The lowest BCUT2D eigenvalue weighted by Gasteiger charge is -2.16. The molecule has 1 aromatic rings. The monoisotopic (exact) mass is 232 g/mol. The number of nitrogens with one attached hydrogen (secondary N) is 1. The number of rotatable bonds is 3. The van der Waals surface area contributed by atoms with Crippen LogP contribution in [0.2, 0.25) is 0 Å². The van der Waals surface area contributed by atoms with Gasteiger partial charge in [0.2, 0.25) is 5.91 Å². The first kappa shape index (κ1) is 12.1. The topological polar surface area (TPSA) is 32.3 Å². The molecular formula is C14H20N2O. The zero-order valence-electron chi connectivity index (χ0n) is 11.0. The van der Waals surface area contributed by atoms with Crippen molar-refractivity contribution in [2.24, 2.45) is 0 Å². The van der Waals surface area contributed by atoms with Gasteiger partial charge in [-0.05, 0) is 37.6 Å². The van der Waals surface area contributed by atoms with E-state index in [9.17, 15) is 4.79 Å². The van der Waals surface area contributed by atoms with E-state index in [-0.39, 0.29) is 5.91 Å². The summed E-state index contributed by atoms with van der Waals surface area (Å²) in [5.74, 6) is 0.174. The van der Waals surface area contributed by atoms with Crippen molar-refractivity contribution in [1.29, 1.82) is 0 Å². The number of carbonyl (C=O) groups is 1. The van der Waals surface area contributed by atoms with Crippen molar-refractivity contribution in [3.63, 3.8) is 0 Å². The van der Waals surface area contributed by atoms with Gasteiger partial charge in [0.25, 0.3) is 0 Å². The van der Waals surface area contributed by atoms with E-state index in [1.807, 2.05) is 20.9 Å². The highest BCUT2D eigenvalue weighted by atomic mass is 16.2. The molecule has 0 saturated heterocycles. The number of benzene rings is 1. The second-order valence-electron chi connectivity index (χ2n) is 5.12. The molecule has 0 aliphatic carbocycles. The Labute approximate surface area is 103 Å². The van der Waals surface area contributed by atoms with Crippen LogP contribution in [0.25, 0.3) is 0 Å². The standard InChI is InChI=1S/C14H20N2O/c1-5-15-9-10-6-7-12-11(8-10)14(2,3)13(17)16(12)4/h6-8,15H,5,9H2,1-4H3. The normalized spacial score (nSPS) is 17.4. The Hall–Kier alpha value is -1.35. The van der Waals surface area contributed by atoms with Gasteiger partial charge >= 0.3 is 0 Å². The van der Waals surface area contributed by atoms with Crippen molar-refractivity contribution in [3.8, 4) is 0 Å². The number of fused-ring (bicyclic) bond motifs is 1. The van der Waals surface area contributed by atoms with Crippen LogP contribution in [0.1, 0.15) is 31.9 Å². The number of likely N-dealkylation sites (N-methyl/N-ethyl adjacent to an activating group) is 1. The van der Waals surface area contributed by atoms with E-state index in [2.05, 4.69) is 30.4 Å². The van der Waals surface area contributed by atoms with Crippen molar-refractivity contribution in [2.75, 3.05) is 18.5 Å². The Morgan fingerprint density at radius 3 is 2.71 bits per heavy atom. The highest BCUT2D eigenvalue weighted by molar-refractivity contribution is 6.07. The Kier molecular flexibility index (Phi) is 2.96. The molecule has 1 N–H and O–H groups in total. The third kappa shape index (κ3) is 1.84. The van der Waals surface area contributed by atoms with Crippen molar-refractivity contribution < 1.29 is 4.79 Å². The van der Waals surface area contributed by atoms with Crippen LogP contribution in [0.15, 0.2) is 18.2 Å². The lowest BCUT2D eigenvalue weighted by atomic mass is 9.85. The van der Waals surface area contributed by atoms with Gasteiger partial charge in [0, 0.05) is 19.3 Å². The zero-order valence-corrected chi connectivity index (χ0v) is 11.0. The van der Waals surface area contributed by atoms with E-state index in [0.717, 1.165) is 24.3 Å². The van der Waals surface area contributed by atoms with E-state index in [4.69, 9.17) is 0 Å². The first-order chi connectivity index (χ1) is 7.98. The molecule has 1 amide bonds. The molecule has 3 heteroatoms. The second-order valence-corrected chi connectivity index (χ2v) is 5.12. The molecule has 2 rings (SSSR count). The fourth-order valence-corrected chi connectivity index (χ4v) is 2.40. The van der Waals surface area contributed by atoms with Crippen LogP contribution < -0.4 is 10.2 Å². The molecule has 0 bridgehead atoms. The van der Waals surface area contributed by atoms with Gasteiger partial charge in [0.05, 0.1) is 5.41 Å². The molecule has 1 aromatic carbocycles. The summed E-state index contributed by atoms with van der Waals surface area (Å²) in [6.45, 7) is 7.90. The molecule has 0 unspecified atom stereocenters. The van der Waals surface area contributed by atoms with Crippen molar-refractivity contribution in [1.82, 2.24) is 5.32 Å². The minimum absolute atomic E-state index is 0.174. The van der Waals surface area contributed by atoms with Crippen LogP contribution in [0.4, 0.5) is 5.69 Å². The predicted octanol–water partition coefficient (Wildman–Crippen LogP) is 2.05. The van der Waals surface area contributed by atoms with Crippen LogP contribution >= 0.6 is 0 Å². The average Bonchev–Trinajstić information content (AvgIpc) is 2.49. The van der Waals surface area contributed by atoms with Crippen LogP contribution in [-0.4, -0.2) is 19.5 Å². The molecule has 0 atom stereocenters. The molecule has 92 valence electrons. The van der Waals surface area contributed by atoms with Gasteiger partial charge in [-0.3, -0.25) is 4.79 Å². The number of carbonyl (C=O) groups excluding carboxylic acids is 1. The van der Waals surface area contributed by atoms with Gasteiger partial charge in [-0.15, -0.1) is 0 Å². The Balaban J connectivity index is 2.40. The highest BCUT2D eigenvalue weighted by Gasteiger charge is 2.42. The largest absolute Gasteiger partial charge is 0.314 e. The van der Waals surface area contributed by atoms with Gasteiger partial charge in [-0.2, -0.15) is 0 Å². The zero-order chi connectivity index (χ0) is 12.6. The molecular weight excluding hydrogens is 212 g/mol. The average molecular weight is 232 g/mol. The predicted molar refractivity (Wildman–Crippen MR) is 70.3 cm³/mol. The molecule has 1 aliphatic heterocycles. The summed E-state index contributed by atoms with van der Waals surface area (Å²) in [6.07, 6.45) is 0. The molecule has 17 heavy (non-hydrogen) atoms. The summed E-state index contributed by atoms with van der Waals surface area (Å²) in [6, 6.07) is 6.29. The fourth-order valence-electron chi connectivity index (χ4n) is 2.40. The summed E-state index contributed by atoms with van der Waals surface area (Å²) in [7, 11) is 1.85. The molecule has 1 heterocycles. The molecule has 1 aliphatic rings. The lowest BCUT2D eigenvalue weighted by molar-refractivity contribution is -0.121. The van der Waals surface area contributed by atoms with Gasteiger partial charge in [-0.25, -0.2) is 0 Å². The number of anilines is 1. The molecule has 0 saturated carbocycles. The maximum absolute atomic E-state index is 12.1. The van der Waals surface area contributed by atoms with Crippen LogP contribution in [-0.2, 0) is 16.8 Å². The third-order valence-corrected chi connectivity index (χ3v) is 3.51. The first-order valence-corrected chi connectivity index (χ1v) is 6.10. The summed E-state index contributed by atoms with van der Waals surface area (Å²) >= 11 is 0. The molecule has 0 spiro atoms. The fraction of sp³-hybridized carbons (Fsp3) is 0.500. The highest BCUT2D eigenvalue weighted by Crippen LogP contribution is 2.40. The van der Waals surface area contributed by atoms with E-state index in [1.165, 1.54) is 5.56 Å². The van der Waals surface area contributed by atoms with Crippen LogP contribution in [0, 0.1) is 0 Å². The van der Waals surface area contributed by atoms with E-state index in [0.29, 0.717) is 0 Å². The smallest absolute Gasteiger partial charge is 0.236 e. The lowest BCUT2D eigenvalue weighted by Crippen LogP contribution is -2.33. The van der Waals surface area contributed by atoms with E-state index < -0.39 is 5.41 Å². The van der Waals surface area contributed by atoms with Crippen LogP contribution in [0.3, 0.4) is 0 Å². The SMILES string of the molecule is CCNCc1ccc2c(c1)C(C)(C)C(=O)N2C. The summed E-state index contributed by atoms with van der Waals surface area (Å²) in [5.41, 5.74) is 3.02. The van der Waals surface area contributed by atoms with Gasteiger partial charge in [0.15, 0.2) is 0 Å². The Morgan fingerprint density at radius 2 is 2.06 bits per heavy atom. The molecule has 0 fully saturated rings. The maximum atomic E-state index is 12.1. The van der Waals surface area contributed by atoms with Crippen molar-refractivity contribution in [3.05, 3.63) is 29.3 Å². The number of amides is 1. The Bertz CT molecular complexity index is 452. The molecule has 3 nitrogen and oxygen atoms in total. The maximum Gasteiger partial charge on any atom is 0.236 e. The van der Waals surface area contributed by atoms with Gasteiger partial charge < -0.3 is 10.2 Å². The third-order valence-electron chi connectivity index (χ3n) is 3.51. The van der Waals surface area contributed by atoms with Crippen molar-refractivity contribution >= 4 is 11.6 Å². The molecule has 0 radical (unpaired) electrons. The molecule has 0 aromatic heterocycles. The second kappa shape index (κ2) is 4.15. The first-order valence-electron chi connectivity index (χ1n) is 6.10. The summed E-state index contributed by atoms with van der Waals surface area (Å²) in [5, 5.41) is 3.31. The number of hydrogen-bond donors (Lipinski definition) is 1. The summed E-state index contributed by atoms with van der Waals surface area (Å²) in [4.78, 5) is 13.9. The number of hydrogen-bond acceptors (Lipinski definition) is 2. The summed E-state index contributed by atoms with van der Waals surface area (Å²) < 4.78 is 0.